The molecule has 0 radical (unpaired) electrons. The van der Waals surface area contributed by atoms with E-state index in [1.807, 2.05) is 38.1 Å². The monoisotopic (exact) mass is 359 g/mol. The number of aryl methyl sites for hydroxylation is 1. The summed E-state index contributed by atoms with van der Waals surface area (Å²) in [6, 6.07) is 12.2. The number of nitrogens with one attached hydrogen (secondary N) is 1. The Balaban J connectivity index is 1.79. The molecule has 0 heterocycles. The predicted molar refractivity (Wildman–Crippen MR) is 100 cm³/mol. The van der Waals surface area contributed by atoms with Crippen molar-refractivity contribution in [2.45, 2.75) is 33.1 Å². The molecule has 0 atom stereocenters. The average Bonchev–Trinajstić information content (AvgIpc) is 2.62. The largest absolute Gasteiger partial charge is 0.490 e. The van der Waals surface area contributed by atoms with Gasteiger partial charge in [-0.15, -0.1) is 0 Å². The maximum atomic E-state index is 13.1. The number of amides is 1. The second-order valence-electron chi connectivity index (χ2n) is 5.88. The molecule has 4 nitrogen and oxygen atoms in total. The van der Waals surface area contributed by atoms with E-state index in [4.69, 9.17) is 9.47 Å². The Hall–Kier alpha value is -2.56. The molecule has 0 aliphatic carbocycles. The zero-order chi connectivity index (χ0) is 18.8. The second kappa shape index (κ2) is 10.4. The fraction of sp³-hybridized carbons (Fsp3) is 0.381. The van der Waals surface area contributed by atoms with Crippen LogP contribution in [0.5, 0.6) is 11.5 Å². The first kappa shape index (κ1) is 19.8. The van der Waals surface area contributed by atoms with Crippen molar-refractivity contribution in [1.82, 2.24) is 5.32 Å². The van der Waals surface area contributed by atoms with Gasteiger partial charge in [0.1, 0.15) is 5.82 Å². The maximum Gasteiger partial charge on any atom is 0.220 e. The lowest BCUT2D eigenvalue weighted by Gasteiger charge is -2.12. The first-order chi connectivity index (χ1) is 12.6. The summed E-state index contributed by atoms with van der Waals surface area (Å²) in [5.41, 5.74) is 1.90. The van der Waals surface area contributed by atoms with E-state index in [0.29, 0.717) is 39.0 Å². The van der Waals surface area contributed by atoms with Crippen LogP contribution in [0.3, 0.4) is 0 Å². The lowest BCUT2D eigenvalue weighted by atomic mass is 10.1. The minimum Gasteiger partial charge on any atom is -0.490 e. The Bertz CT molecular complexity index is 718. The van der Waals surface area contributed by atoms with E-state index in [1.54, 1.807) is 6.07 Å². The van der Waals surface area contributed by atoms with Crippen molar-refractivity contribution >= 4 is 5.91 Å². The van der Waals surface area contributed by atoms with Crippen LogP contribution in [-0.4, -0.2) is 25.7 Å². The molecule has 0 spiro atoms. The van der Waals surface area contributed by atoms with Gasteiger partial charge in [-0.2, -0.15) is 0 Å². The van der Waals surface area contributed by atoms with Gasteiger partial charge in [0.2, 0.25) is 5.91 Å². The quantitative estimate of drug-likeness (QED) is 0.700. The lowest BCUT2D eigenvalue weighted by molar-refractivity contribution is -0.121. The Morgan fingerprint density at radius 2 is 1.69 bits per heavy atom. The van der Waals surface area contributed by atoms with Gasteiger partial charge in [-0.3, -0.25) is 4.79 Å². The molecule has 5 heteroatoms. The van der Waals surface area contributed by atoms with Crippen molar-refractivity contribution in [3.05, 3.63) is 59.4 Å². The van der Waals surface area contributed by atoms with Crippen molar-refractivity contribution in [3.8, 4) is 11.5 Å². The summed E-state index contributed by atoms with van der Waals surface area (Å²) in [5.74, 6) is 1.15. The van der Waals surface area contributed by atoms with E-state index in [-0.39, 0.29) is 11.7 Å². The van der Waals surface area contributed by atoms with Gasteiger partial charge in [0.25, 0.3) is 0 Å². The van der Waals surface area contributed by atoms with Crippen LogP contribution in [0.2, 0.25) is 0 Å². The smallest absolute Gasteiger partial charge is 0.220 e. The number of ether oxygens (including phenoxy) is 2. The minimum atomic E-state index is -0.275. The molecule has 0 aliphatic rings. The molecule has 0 aliphatic heterocycles. The SMILES string of the molecule is CCOc1ccc(CCNC(=O)CCc2cccc(F)c2)cc1OCC. The van der Waals surface area contributed by atoms with Crippen LogP contribution in [0.1, 0.15) is 31.4 Å². The summed E-state index contributed by atoms with van der Waals surface area (Å²) in [7, 11) is 0. The molecule has 26 heavy (non-hydrogen) atoms. The van der Waals surface area contributed by atoms with Crippen LogP contribution < -0.4 is 14.8 Å². The topological polar surface area (TPSA) is 47.6 Å². The zero-order valence-electron chi connectivity index (χ0n) is 15.4. The number of halogens is 1. The van der Waals surface area contributed by atoms with Crippen LogP contribution in [0.25, 0.3) is 0 Å². The van der Waals surface area contributed by atoms with Crippen LogP contribution >= 0.6 is 0 Å². The number of hydrogen-bond acceptors (Lipinski definition) is 3. The molecule has 140 valence electrons. The van der Waals surface area contributed by atoms with Crippen LogP contribution in [-0.2, 0) is 17.6 Å². The van der Waals surface area contributed by atoms with E-state index in [1.165, 1.54) is 12.1 Å². The Morgan fingerprint density at radius 3 is 2.42 bits per heavy atom. The summed E-state index contributed by atoms with van der Waals surface area (Å²) >= 11 is 0. The van der Waals surface area contributed by atoms with Crippen molar-refractivity contribution in [3.63, 3.8) is 0 Å². The van der Waals surface area contributed by atoms with Crippen molar-refractivity contribution in [2.24, 2.45) is 0 Å². The first-order valence-electron chi connectivity index (χ1n) is 9.02. The van der Waals surface area contributed by atoms with Gasteiger partial charge in [-0.1, -0.05) is 18.2 Å². The standard InChI is InChI=1S/C21H26FNO3/c1-3-25-19-10-8-17(15-20(19)26-4-2)12-13-23-21(24)11-9-16-6-5-7-18(22)14-16/h5-8,10,14-15H,3-4,9,11-13H2,1-2H3,(H,23,24). The van der Waals surface area contributed by atoms with Gasteiger partial charge in [0.05, 0.1) is 13.2 Å². The summed E-state index contributed by atoms with van der Waals surface area (Å²) < 4.78 is 24.3. The molecule has 1 amide bonds. The van der Waals surface area contributed by atoms with E-state index >= 15 is 0 Å². The molecule has 2 aromatic rings. The summed E-state index contributed by atoms with van der Waals surface area (Å²) in [4.78, 5) is 12.0. The van der Waals surface area contributed by atoms with Crippen molar-refractivity contribution in [2.75, 3.05) is 19.8 Å². The van der Waals surface area contributed by atoms with Crippen LogP contribution in [0.15, 0.2) is 42.5 Å². The highest BCUT2D eigenvalue weighted by Gasteiger charge is 2.07. The number of carbonyl (C=O) groups excluding carboxylic acids is 1. The van der Waals surface area contributed by atoms with Gasteiger partial charge in [-0.25, -0.2) is 4.39 Å². The van der Waals surface area contributed by atoms with E-state index in [0.717, 1.165) is 22.6 Å². The lowest BCUT2D eigenvalue weighted by Crippen LogP contribution is -2.25. The van der Waals surface area contributed by atoms with Gasteiger partial charge in [-0.05, 0) is 62.1 Å². The predicted octanol–water partition coefficient (Wildman–Crippen LogP) is 3.91. The highest BCUT2D eigenvalue weighted by atomic mass is 19.1. The molecule has 2 rings (SSSR count). The highest BCUT2D eigenvalue weighted by Crippen LogP contribution is 2.28. The Labute approximate surface area is 154 Å². The number of carbonyl (C=O) groups is 1. The summed E-state index contributed by atoms with van der Waals surface area (Å²) in [6.07, 6.45) is 1.58. The molecule has 1 N–H and O–H groups in total. The summed E-state index contributed by atoms with van der Waals surface area (Å²) in [6.45, 7) is 5.56. The number of rotatable bonds is 10. The molecule has 0 saturated carbocycles. The fourth-order valence-electron chi connectivity index (χ4n) is 2.64. The van der Waals surface area contributed by atoms with Gasteiger partial charge in [0, 0.05) is 13.0 Å². The molecule has 2 aromatic carbocycles. The minimum absolute atomic E-state index is 0.0368. The molecule has 0 bridgehead atoms. The average molecular weight is 359 g/mol. The van der Waals surface area contributed by atoms with E-state index < -0.39 is 0 Å². The number of hydrogen-bond donors (Lipinski definition) is 1. The highest BCUT2D eigenvalue weighted by molar-refractivity contribution is 5.76. The third-order valence-electron chi connectivity index (χ3n) is 3.87. The molecular weight excluding hydrogens is 333 g/mol. The van der Waals surface area contributed by atoms with Crippen LogP contribution in [0, 0.1) is 5.82 Å². The fourth-order valence-corrected chi connectivity index (χ4v) is 2.64. The van der Waals surface area contributed by atoms with E-state index in [9.17, 15) is 9.18 Å². The molecule has 0 fully saturated rings. The molecular formula is C21H26FNO3. The Kier molecular flexibility index (Phi) is 7.93. The number of benzene rings is 2. The maximum absolute atomic E-state index is 13.1. The molecule has 0 unspecified atom stereocenters. The van der Waals surface area contributed by atoms with Gasteiger partial charge < -0.3 is 14.8 Å². The molecule has 0 saturated heterocycles. The van der Waals surface area contributed by atoms with Crippen LogP contribution in [0.4, 0.5) is 4.39 Å². The van der Waals surface area contributed by atoms with Gasteiger partial charge >= 0.3 is 0 Å². The second-order valence-corrected chi connectivity index (χ2v) is 5.88. The third-order valence-corrected chi connectivity index (χ3v) is 3.87. The normalized spacial score (nSPS) is 10.4. The molecule has 0 aromatic heterocycles. The van der Waals surface area contributed by atoms with Crippen molar-refractivity contribution < 1.29 is 18.7 Å². The van der Waals surface area contributed by atoms with E-state index in [2.05, 4.69) is 5.32 Å². The summed E-state index contributed by atoms with van der Waals surface area (Å²) in [5, 5.41) is 2.90. The zero-order valence-corrected chi connectivity index (χ0v) is 15.4. The van der Waals surface area contributed by atoms with Gasteiger partial charge in [0.15, 0.2) is 11.5 Å². The third kappa shape index (κ3) is 6.39. The van der Waals surface area contributed by atoms with Crippen molar-refractivity contribution in [1.29, 1.82) is 0 Å². The first-order valence-corrected chi connectivity index (χ1v) is 9.02. The Morgan fingerprint density at radius 1 is 0.962 bits per heavy atom.